The number of terminal acetylenes is 1. The van der Waals surface area contributed by atoms with Gasteiger partial charge in [0.05, 0.1) is 16.5 Å². The van der Waals surface area contributed by atoms with Gasteiger partial charge in [0.25, 0.3) is 0 Å². The van der Waals surface area contributed by atoms with Crippen molar-refractivity contribution in [3.05, 3.63) is 9.98 Å². The number of thiazole rings is 1. The molecule has 2 rings (SSSR count). The molecule has 1 fully saturated rings. The van der Waals surface area contributed by atoms with Crippen LogP contribution in [-0.2, 0) is 0 Å². The van der Waals surface area contributed by atoms with Crippen LogP contribution >= 0.6 is 27.3 Å². The summed E-state index contributed by atoms with van der Waals surface area (Å²) >= 11 is 4.61. The van der Waals surface area contributed by atoms with E-state index in [9.17, 15) is 9.90 Å². The predicted molar refractivity (Wildman–Crippen MR) is 82.5 cm³/mol. The van der Waals surface area contributed by atoms with Crippen LogP contribution in [0.15, 0.2) is 9.98 Å². The number of aliphatic hydroxyl groups excluding tert-OH is 1. The van der Waals surface area contributed by atoms with E-state index in [1.165, 1.54) is 16.2 Å². The minimum atomic E-state index is -0.925. The van der Waals surface area contributed by atoms with E-state index in [0.29, 0.717) is 18.0 Å². The molecule has 1 aliphatic heterocycles. The van der Waals surface area contributed by atoms with E-state index in [-0.39, 0.29) is 12.6 Å². The topological polar surface area (TPSA) is 56.7 Å². The molecule has 0 bridgehead atoms. The monoisotopic (exact) mass is 357 g/mol. The van der Waals surface area contributed by atoms with Gasteiger partial charge >= 0.3 is 6.03 Å². The molecule has 0 saturated carbocycles. The van der Waals surface area contributed by atoms with Crippen LogP contribution in [0.25, 0.3) is 0 Å². The van der Waals surface area contributed by atoms with E-state index < -0.39 is 11.8 Å². The summed E-state index contributed by atoms with van der Waals surface area (Å²) in [5.74, 6) is 2.73. The van der Waals surface area contributed by atoms with Crippen molar-refractivity contribution in [2.75, 3.05) is 11.4 Å². The second kappa shape index (κ2) is 5.72. The van der Waals surface area contributed by atoms with E-state index in [2.05, 4.69) is 26.8 Å². The minimum absolute atomic E-state index is 0.196. The predicted octanol–water partition coefficient (Wildman–Crippen LogP) is 2.66. The van der Waals surface area contributed by atoms with Crippen molar-refractivity contribution in [3.8, 4) is 12.3 Å². The van der Waals surface area contributed by atoms with E-state index in [1.807, 2.05) is 13.8 Å². The average Bonchev–Trinajstić information content (AvgIpc) is 2.97. The van der Waals surface area contributed by atoms with Crippen molar-refractivity contribution in [2.45, 2.75) is 38.5 Å². The maximum Gasteiger partial charge on any atom is 0.329 e. The van der Waals surface area contributed by atoms with Crippen molar-refractivity contribution < 1.29 is 9.90 Å². The van der Waals surface area contributed by atoms with Crippen LogP contribution < -0.4 is 4.90 Å². The largest absolute Gasteiger partial charge is 0.371 e. The van der Waals surface area contributed by atoms with Crippen LogP contribution in [0.1, 0.15) is 26.7 Å². The number of amides is 2. The molecule has 1 atom stereocenters. The smallest absolute Gasteiger partial charge is 0.329 e. The molecule has 2 heterocycles. The molecule has 0 spiro atoms. The van der Waals surface area contributed by atoms with Crippen molar-refractivity contribution in [2.24, 2.45) is 0 Å². The molecule has 1 N–H and O–H groups in total. The van der Waals surface area contributed by atoms with E-state index in [1.54, 1.807) is 11.1 Å². The first kappa shape index (κ1) is 15.3. The zero-order valence-electron chi connectivity index (χ0n) is 11.3. The zero-order valence-corrected chi connectivity index (χ0v) is 13.7. The molecular weight excluding hydrogens is 342 g/mol. The van der Waals surface area contributed by atoms with Gasteiger partial charge in [-0.2, -0.15) is 0 Å². The van der Waals surface area contributed by atoms with E-state index in [0.717, 1.165) is 3.79 Å². The number of carbonyl (C=O) groups excluding carboxylic acids is 1. The lowest BCUT2D eigenvalue weighted by Gasteiger charge is -2.35. The van der Waals surface area contributed by atoms with Gasteiger partial charge in [0.1, 0.15) is 5.54 Å². The molecule has 20 heavy (non-hydrogen) atoms. The van der Waals surface area contributed by atoms with Gasteiger partial charge < -0.3 is 10.0 Å². The molecule has 1 aliphatic rings. The van der Waals surface area contributed by atoms with Crippen molar-refractivity contribution in [3.63, 3.8) is 0 Å². The van der Waals surface area contributed by atoms with Gasteiger partial charge in [0.15, 0.2) is 11.4 Å². The molecule has 108 valence electrons. The molecule has 0 aromatic carbocycles. The SMILES string of the molecule is C#CC(CC)(CC)N1CC(O)N(c2ncc(Br)s2)C1=O. The third kappa shape index (κ3) is 2.32. The number of aromatic nitrogens is 1. The first-order valence-electron chi connectivity index (χ1n) is 6.37. The number of urea groups is 1. The molecular formula is C13H16BrN3O2S. The highest BCUT2D eigenvalue weighted by Crippen LogP contribution is 2.35. The fourth-order valence-electron chi connectivity index (χ4n) is 2.42. The normalized spacial score (nSPS) is 19.6. The molecule has 0 aliphatic carbocycles. The maximum atomic E-state index is 12.6. The number of β-amino-alcohol motifs (C(OH)–C–C–N with tert-alkyl or cyclic N) is 1. The summed E-state index contributed by atoms with van der Waals surface area (Å²) in [4.78, 5) is 19.6. The molecule has 0 radical (unpaired) electrons. The number of hydrogen-bond acceptors (Lipinski definition) is 4. The summed E-state index contributed by atoms with van der Waals surface area (Å²) in [7, 11) is 0. The Hall–Kier alpha value is -1.10. The Morgan fingerprint density at radius 2 is 2.30 bits per heavy atom. The number of anilines is 1. The van der Waals surface area contributed by atoms with Crippen LogP contribution in [0.5, 0.6) is 0 Å². The summed E-state index contributed by atoms with van der Waals surface area (Å²) in [6.45, 7) is 4.10. The summed E-state index contributed by atoms with van der Waals surface area (Å²) in [6.07, 6.45) is 7.62. The summed E-state index contributed by atoms with van der Waals surface area (Å²) in [5, 5.41) is 10.7. The Kier molecular flexibility index (Phi) is 4.37. The molecule has 7 heteroatoms. The molecule has 1 saturated heterocycles. The Morgan fingerprint density at radius 1 is 1.65 bits per heavy atom. The highest BCUT2D eigenvalue weighted by atomic mass is 79.9. The Bertz CT molecular complexity index is 550. The van der Waals surface area contributed by atoms with Crippen molar-refractivity contribution in [1.82, 2.24) is 9.88 Å². The number of aliphatic hydroxyl groups is 1. The summed E-state index contributed by atoms with van der Waals surface area (Å²) in [6, 6.07) is -0.291. The molecule has 1 unspecified atom stereocenters. The molecule has 1 aromatic heterocycles. The van der Waals surface area contributed by atoms with Crippen molar-refractivity contribution in [1.29, 1.82) is 0 Å². The van der Waals surface area contributed by atoms with Gasteiger partial charge in [-0.05, 0) is 28.8 Å². The lowest BCUT2D eigenvalue weighted by molar-refractivity contribution is 0.132. The Labute approximate surface area is 130 Å². The van der Waals surface area contributed by atoms with Gasteiger partial charge in [-0.15, -0.1) is 6.42 Å². The number of nitrogens with zero attached hydrogens (tertiary/aromatic N) is 3. The molecule has 2 amide bonds. The lowest BCUT2D eigenvalue weighted by Crippen LogP contribution is -2.49. The fourth-order valence-corrected chi connectivity index (χ4v) is 3.64. The molecule has 5 nitrogen and oxygen atoms in total. The summed E-state index contributed by atoms with van der Waals surface area (Å²) in [5.41, 5.74) is -0.651. The Balaban J connectivity index is 2.34. The van der Waals surface area contributed by atoms with Crippen LogP contribution in [0, 0.1) is 12.3 Å². The number of rotatable bonds is 4. The third-order valence-corrected chi connectivity index (χ3v) is 5.18. The number of hydrogen-bond donors (Lipinski definition) is 1. The number of carbonyl (C=O) groups is 1. The third-order valence-electron chi connectivity index (χ3n) is 3.71. The van der Waals surface area contributed by atoms with Crippen LogP contribution in [0.4, 0.5) is 9.93 Å². The van der Waals surface area contributed by atoms with E-state index in [4.69, 9.17) is 6.42 Å². The van der Waals surface area contributed by atoms with Gasteiger partial charge in [-0.25, -0.2) is 14.7 Å². The minimum Gasteiger partial charge on any atom is -0.371 e. The fraction of sp³-hybridized carbons (Fsp3) is 0.538. The van der Waals surface area contributed by atoms with Crippen LogP contribution in [-0.4, -0.2) is 39.3 Å². The zero-order chi connectivity index (χ0) is 14.9. The highest BCUT2D eigenvalue weighted by molar-refractivity contribution is 9.11. The van der Waals surface area contributed by atoms with E-state index >= 15 is 0 Å². The highest BCUT2D eigenvalue weighted by Gasteiger charge is 2.47. The first-order chi connectivity index (χ1) is 9.49. The quantitative estimate of drug-likeness (QED) is 0.842. The second-order valence-corrected chi connectivity index (χ2v) is 6.96. The van der Waals surface area contributed by atoms with Gasteiger partial charge in [0.2, 0.25) is 0 Å². The first-order valence-corrected chi connectivity index (χ1v) is 7.98. The summed E-state index contributed by atoms with van der Waals surface area (Å²) < 4.78 is 0.806. The van der Waals surface area contributed by atoms with Gasteiger partial charge in [-0.1, -0.05) is 31.1 Å². The van der Waals surface area contributed by atoms with Crippen LogP contribution in [0.2, 0.25) is 0 Å². The van der Waals surface area contributed by atoms with Crippen LogP contribution in [0.3, 0.4) is 0 Å². The Morgan fingerprint density at radius 3 is 2.75 bits per heavy atom. The number of halogens is 1. The molecule has 1 aromatic rings. The standard InChI is InChI=1S/C13H16BrN3O2S/c1-4-13(5-2,6-3)16-8-10(18)17(12(16)19)11-15-7-9(14)20-11/h1,7,10,18H,5-6,8H2,2-3H3. The maximum absolute atomic E-state index is 12.6. The van der Waals surface area contributed by atoms with Crippen molar-refractivity contribution >= 4 is 38.4 Å². The lowest BCUT2D eigenvalue weighted by atomic mass is 9.92. The second-order valence-electron chi connectivity index (χ2n) is 4.57. The van der Waals surface area contributed by atoms with Gasteiger partial charge in [0, 0.05) is 0 Å². The van der Waals surface area contributed by atoms with Gasteiger partial charge in [-0.3, -0.25) is 0 Å². The average molecular weight is 358 g/mol.